The molecule has 0 aliphatic rings. The summed E-state index contributed by atoms with van der Waals surface area (Å²) in [5, 5.41) is 13.0. The highest BCUT2D eigenvalue weighted by molar-refractivity contribution is 5.96. The molecule has 1 atom stereocenters. The average molecular weight is 272 g/mol. The zero-order chi connectivity index (χ0) is 14.5. The molecule has 1 unspecified atom stereocenters. The lowest BCUT2D eigenvalue weighted by Gasteiger charge is -2.03. The summed E-state index contributed by atoms with van der Waals surface area (Å²) in [6, 6.07) is 8.08. The normalized spacial score (nSPS) is 12.9. The Morgan fingerprint density at radius 3 is 2.95 bits per heavy atom. The molecule has 1 heterocycles. The Balaban J connectivity index is 2.04. The molecule has 106 valence electrons. The molecule has 2 N–H and O–H groups in total. The maximum Gasteiger partial charge on any atom is 0.244 e. The van der Waals surface area contributed by atoms with E-state index in [4.69, 9.17) is 5.11 Å². The summed E-state index contributed by atoms with van der Waals surface area (Å²) in [4.78, 5) is 11.7. The number of nitrogens with zero attached hydrogens (tertiary/aromatic N) is 1. The van der Waals surface area contributed by atoms with Crippen molar-refractivity contribution in [3.63, 3.8) is 0 Å². The SMILES string of the molecule is CC(O)CCNC(=O)C=Cc1cn(C)c2ccccc12. The van der Waals surface area contributed by atoms with Crippen LogP contribution in [0.4, 0.5) is 0 Å². The summed E-state index contributed by atoms with van der Waals surface area (Å²) in [6.45, 7) is 2.19. The molecule has 2 rings (SSSR count). The van der Waals surface area contributed by atoms with Crippen LogP contribution in [0.5, 0.6) is 0 Å². The van der Waals surface area contributed by atoms with Crippen LogP contribution in [-0.2, 0) is 11.8 Å². The molecule has 1 amide bonds. The summed E-state index contributed by atoms with van der Waals surface area (Å²) in [6.07, 6.45) is 5.53. The van der Waals surface area contributed by atoms with Crippen molar-refractivity contribution in [2.24, 2.45) is 7.05 Å². The smallest absolute Gasteiger partial charge is 0.244 e. The first-order valence-corrected chi connectivity index (χ1v) is 6.76. The molecular weight excluding hydrogens is 252 g/mol. The summed E-state index contributed by atoms with van der Waals surface area (Å²) in [5.74, 6) is -0.140. The summed E-state index contributed by atoms with van der Waals surface area (Å²) < 4.78 is 2.04. The van der Waals surface area contributed by atoms with Crippen molar-refractivity contribution in [2.45, 2.75) is 19.4 Å². The number of aliphatic hydroxyl groups is 1. The fourth-order valence-corrected chi connectivity index (χ4v) is 2.13. The lowest BCUT2D eigenvalue weighted by atomic mass is 10.1. The fraction of sp³-hybridized carbons (Fsp3) is 0.312. The van der Waals surface area contributed by atoms with E-state index < -0.39 is 6.10 Å². The number of hydrogen-bond acceptors (Lipinski definition) is 2. The maximum atomic E-state index is 11.7. The van der Waals surface area contributed by atoms with Crippen LogP contribution in [0.2, 0.25) is 0 Å². The monoisotopic (exact) mass is 272 g/mol. The number of hydrogen-bond donors (Lipinski definition) is 2. The van der Waals surface area contributed by atoms with E-state index in [1.54, 1.807) is 6.92 Å². The second-order valence-corrected chi connectivity index (χ2v) is 4.97. The number of carbonyl (C=O) groups is 1. The van der Waals surface area contributed by atoms with E-state index in [2.05, 4.69) is 11.4 Å². The number of amides is 1. The minimum Gasteiger partial charge on any atom is -0.393 e. The first kappa shape index (κ1) is 14.3. The molecule has 1 aromatic heterocycles. The van der Waals surface area contributed by atoms with Gasteiger partial charge in [0.25, 0.3) is 0 Å². The van der Waals surface area contributed by atoms with Gasteiger partial charge in [-0.3, -0.25) is 4.79 Å². The van der Waals surface area contributed by atoms with Gasteiger partial charge in [-0.15, -0.1) is 0 Å². The van der Waals surface area contributed by atoms with Gasteiger partial charge in [0.05, 0.1) is 6.10 Å². The van der Waals surface area contributed by atoms with E-state index >= 15 is 0 Å². The number of aryl methyl sites for hydroxylation is 1. The minimum absolute atomic E-state index is 0.140. The van der Waals surface area contributed by atoms with Crippen molar-refractivity contribution in [2.75, 3.05) is 6.54 Å². The van der Waals surface area contributed by atoms with Crippen LogP contribution in [0.25, 0.3) is 17.0 Å². The Kier molecular flexibility index (Phi) is 4.58. The molecule has 0 fully saturated rings. The lowest BCUT2D eigenvalue weighted by Crippen LogP contribution is -2.24. The zero-order valence-corrected chi connectivity index (χ0v) is 11.8. The Labute approximate surface area is 118 Å². The first-order valence-electron chi connectivity index (χ1n) is 6.76. The fourth-order valence-electron chi connectivity index (χ4n) is 2.13. The Morgan fingerprint density at radius 2 is 2.20 bits per heavy atom. The molecule has 0 radical (unpaired) electrons. The van der Waals surface area contributed by atoms with Crippen molar-refractivity contribution >= 4 is 22.9 Å². The summed E-state index contributed by atoms with van der Waals surface area (Å²) >= 11 is 0. The third-order valence-corrected chi connectivity index (χ3v) is 3.20. The molecule has 1 aromatic carbocycles. The van der Waals surface area contributed by atoms with Gasteiger partial charge in [-0.25, -0.2) is 0 Å². The van der Waals surface area contributed by atoms with Gasteiger partial charge in [-0.05, 0) is 25.5 Å². The third kappa shape index (κ3) is 3.48. The van der Waals surface area contributed by atoms with Gasteiger partial charge in [0.15, 0.2) is 0 Å². The minimum atomic E-state index is -0.391. The topological polar surface area (TPSA) is 54.3 Å². The largest absolute Gasteiger partial charge is 0.393 e. The predicted octanol–water partition coefficient (Wildman–Crippen LogP) is 2.08. The number of carbonyl (C=O) groups excluding carboxylic acids is 1. The van der Waals surface area contributed by atoms with Crippen LogP contribution in [0, 0.1) is 0 Å². The highest BCUT2D eigenvalue weighted by Crippen LogP contribution is 2.21. The lowest BCUT2D eigenvalue weighted by molar-refractivity contribution is -0.116. The number of nitrogens with one attached hydrogen (secondary N) is 1. The number of para-hydroxylation sites is 1. The number of aromatic nitrogens is 1. The Hall–Kier alpha value is -2.07. The second-order valence-electron chi connectivity index (χ2n) is 4.97. The van der Waals surface area contributed by atoms with E-state index in [0.29, 0.717) is 13.0 Å². The molecule has 0 aliphatic carbocycles. The van der Waals surface area contributed by atoms with Crippen molar-refractivity contribution in [3.8, 4) is 0 Å². The third-order valence-electron chi connectivity index (χ3n) is 3.20. The van der Waals surface area contributed by atoms with E-state index in [1.807, 2.05) is 42.1 Å². The average Bonchev–Trinajstić information content (AvgIpc) is 2.73. The van der Waals surface area contributed by atoms with Gasteiger partial charge in [0.2, 0.25) is 5.91 Å². The molecular formula is C16H20N2O2. The highest BCUT2D eigenvalue weighted by Gasteiger charge is 2.03. The van der Waals surface area contributed by atoms with Gasteiger partial charge >= 0.3 is 0 Å². The Bertz CT molecular complexity index is 626. The standard InChI is InChI=1S/C16H20N2O2/c1-12(19)9-10-17-16(20)8-7-13-11-18(2)15-6-4-3-5-14(13)15/h3-8,11-12,19H,9-10H2,1-2H3,(H,17,20). The van der Waals surface area contributed by atoms with E-state index in [-0.39, 0.29) is 5.91 Å². The van der Waals surface area contributed by atoms with Crippen molar-refractivity contribution in [1.29, 1.82) is 0 Å². The molecule has 2 aromatic rings. The van der Waals surface area contributed by atoms with Gasteiger partial charge < -0.3 is 15.0 Å². The Morgan fingerprint density at radius 1 is 1.45 bits per heavy atom. The molecule has 4 nitrogen and oxygen atoms in total. The van der Waals surface area contributed by atoms with E-state index in [0.717, 1.165) is 16.5 Å². The molecule has 4 heteroatoms. The molecule has 0 aliphatic heterocycles. The van der Waals surface area contributed by atoms with Crippen molar-refractivity contribution in [1.82, 2.24) is 9.88 Å². The number of aliphatic hydroxyl groups excluding tert-OH is 1. The summed E-state index contributed by atoms with van der Waals surface area (Å²) in [5.41, 5.74) is 2.16. The van der Waals surface area contributed by atoms with Crippen LogP contribution < -0.4 is 5.32 Å². The predicted molar refractivity (Wildman–Crippen MR) is 81.3 cm³/mol. The van der Waals surface area contributed by atoms with Crippen LogP contribution in [0.15, 0.2) is 36.5 Å². The van der Waals surface area contributed by atoms with Gasteiger partial charge in [0, 0.05) is 42.3 Å². The number of rotatable bonds is 5. The molecule has 0 saturated carbocycles. The summed E-state index contributed by atoms with van der Waals surface area (Å²) in [7, 11) is 1.99. The van der Waals surface area contributed by atoms with Crippen molar-refractivity contribution < 1.29 is 9.90 Å². The zero-order valence-electron chi connectivity index (χ0n) is 11.8. The van der Waals surface area contributed by atoms with Gasteiger partial charge in [0.1, 0.15) is 0 Å². The highest BCUT2D eigenvalue weighted by atomic mass is 16.3. The molecule has 0 bridgehead atoms. The van der Waals surface area contributed by atoms with Crippen LogP contribution in [0.3, 0.4) is 0 Å². The molecule has 0 spiro atoms. The number of fused-ring (bicyclic) bond motifs is 1. The maximum absolute atomic E-state index is 11.7. The van der Waals surface area contributed by atoms with E-state index in [1.165, 1.54) is 6.08 Å². The first-order chi connectivity index (χ1) is 9.58. The molecule has 20 heavy (non-hydrogen) atoms. The quantitative estimate of drug-likeness (QED) is 0.819. The second kappa shape index (κ2) is 6.39. The number of benzene rings is 1. The van der Waals surface area contributed by atoms with Crippen LogP contribution in [0.1, 0.15) is 18.9 Å². The van der Waals surface area contributed by atoms with Crippen molar-refractivity contribution in [3.05, 3.63) is 42.1 Å². The van der Waals surface area contributed by atoms with Gasteiger partial charge in [-0.2, -0.15) is 0 Å². The molecule has 0 saturated heterocycles. The van der Waals surface area contributed by atoms with Gasteiger partial charge in [-0.1, -0.05) is 18.2 Å². The van der Waals surface area contributed by atoms with Crippen LogP contribution in [-0.4, -0.2) is 28.2 Å². The van der Waals surface area contributed by atoms with Crippen LogP contribution >= 0.6 is 0 Å². The van der Waals surface area contributed by atoms with E-state index in [9.17, 15) is 4.79 Å².